The van der Waals surface area contributed by atoms with Gasteiger partial charge in [0.15, 0.2) is 11.5 Å². The number of aliphatic hydroxyl groups excluding tert-OH is 1. The molecule has 0 aliphatic carbocycles. The Morgan fingerprint density at radius 2 is 1.55 bits per heavy atom. The van der Waals surface area contributed by atoms with Gasteiger partial charge in [0.2, 0.25) is 6.79 Å². The minimum Gasteiger partial charge on any atom is -0.454 e. The highest BCUT2D eigenvalue weighted by atomic mass is 16.7. The molecule has 5 heteroatoms. The number of quaternary nitrogens is 1. The predicted octanol–water partition coefficient (Wildman–Crippen LogP) is 2.99. The first-order valence-corrected chi connectivity index (χ1v) is 10.8. The third kappa shape index (κ3) is 5.64. The highest BCUT2D eigenvalue weighted by Crippen LogP contribution is 2.32. The van der Waals surface area contributed by atoms with Crippen LogP contribution in [0.15, 0.2) is 78.9 Å². The monoisotopic (exact) mass is 420 g/mol. The summed E-state index contributed by atoms with van der Waals surface area (Å²) in [5.74, 6) is 1.59. The van der Waals surface area contributed by atoms with E-state index in [9.17, 15) is 5.11 Å². The van der Waals surface area contributed by atoms with Crippen molar-refractivity contribution in [2.24, 2.45) is 0 Å². The Labute approximate surface area is 183 Å². The summed E-state index contributed by atoms with van der Waals surface area (Å²) < 4.78 is 17.1. The van der Waals surface area contributed by atoms with Gasteiger partial charge >= 0.3 is 0 Å². The maximum atomic E-state index is 10.7. The fourth-order valence-corrected chi connectivity index (χ4v) is 3.92. The number of ether oxygens (including phenoxy) is 3. The summed E-state index contributed by atoms with van der Waals surface area (Å²) >= 11 is 0. The molecule has 0 saturated carbocycles. The lowest BCUT2D eigenvalue weighted by Gasteiger charge is -2.24. The molecule has 1 aliphatic rings. The quantitative estimate of drug-likeness (QED) is 0.530. The van der Waals surface area contributed by atoms with Gasteiger partial charge in [-0.15, -0.1) is 0 Å². The average Bonchev–Trinajstić information content (AvgIpc) is 3.28. The van der Waals surface area contributed by atoms with Gasteiger partial charge in [0.1, 0.15) is 25.3 Å². The first-order valence-electron chi connectivity index (χ1n) is 10.8. The molecule has 1 aliphatic heterocycles. The number of benzene rings is 3. The first-order chi connectivity index (χ1) is 15.2. The van der Waals surface area contributed by atoms with E-state index in [1.165, 1.54) is 10.5 Å². The summed E-state index contributed by atoms with van der Waals surface area (Å²) in [6, 6.07) is 26.3. The maximum absolute atomic E-state index is 10.7. The van der Waals surface area contributed by atoms with Crippen LogP contribution in [0.2, 0.25) is 0 Å². The van der Waals surface area contributed by atoms with Crippen LogP contribution in [0.4, 0.5) is 0 Å². The largest absolute Gasteiger partial charge is 0.454 e. The fourth-order valence-electron chi connectivity index (χ4n) is 3.92. The number of nitrogens with one attached hydrogen (secondary N) is 1. The van der Waals surface area contributed by atoms with Crippen molar-refractivity contribution in [3.63, 3.8) is 0 Å². The van der Waals surface area contributed by atoms with Crippen LogP contribution in [0.5, 0.6) is 11.5 Å². The summed E-state index contributed by atoms with van der Waals surface area (Å²) in [5, 5.41) is 10.7. The normalized spacial score (nSPS) is 14.5. The molecule has 0 saturated heterocycles. The van der Waals surface area contributed by atoms with E-state index >= 15 is 0 Å². The van der Waals surface area contributed by atoms with Gasteiger partial charge in [-0.2, -0.15) is 0 Å². The van der Waals surface area contributed by atoms with Crippen molar-refractivity contribution in [1.29, 1.82) is 0 Å². The number of hydrogen-bond donors (Lipinski definition) is 2. The minimum atomic E-state index is -0.557. The molecule has 1 heterocycles. The molecule has 0 fully saturated rings. The standard InChI is InChI=1S/C26H29NO4/c1-2-27(16-20-13-14-24-25(15-20)31-19-30-24)17-23(28)18-29-26(21-9-5-3-6-10-21)22-11-7-4-8-12-22/h3-15,23,26,28H,2,16-19H2,1H3/p+1/t23-/m0/s1. The van der Waals surface area contributed by atoms with Crippen LogP contribution in [0.1, 0.15) is 29.7 Å². The summed E-state index contributed by atoms with van der Waals surface area (Å²) in [6.45, 7) is 5.02. The molecule has 0 bridgehead atoms. The summed E-state index contributed by atoms with van der Waals surface area (Å²) in [5.41, 5.74) is 3.34. The topological polar surface area (TPSA) is 52.4 Å². The Bertz CT molecular complexity index is 909. The zero-order valence-electron chi connectivity index (χ0n) is 17.9. The second kappa shape index (κ2) is 10.4. The third-order valence-corrected chi connectivity index (χ3v) is 5.58. The lowest BCUT2D eigenvalue weighted by Crippen LogP contribution is -3.11. The van der Waals surface area contributed by atoms with Crippen molar-refractivity contribution >= 4 is 0 Å². The van der Waals surface area contributed by atoms with Gasteiger partial charge in [0.25, 0.3) is 0 Å². The summed E-state index contributed by atoms with van der Waals surface area (Å²) in [7, 11) is 0. The maximum Gasteiger partial charge on any atom is 0.231 e. The van der Waals surface area contributed by atoms with E-state index in [0.717, 1.165) is 35.7 Å². The minimum absolute atomic E-state index is 0.198. The van der Waals surface area contributed by atoms with E-state index in [1.807, 2.05) is 48.5 Å². The van der Waals surface area contributed by atoms with Crippen molar-refractivity contribution < 1.29 is 24.2 Å². The molecule has 4 rings (SSSR count). The fraction of sp³-hybridized carbons (Fsp3) is 0.308. The van der Waals surface area contributed by atoms with E-state index in [-0.39, 0.29) is 19.5 Å². The molecule has 0 spiro atoms. The number of hydrogen-bond acceptors (Lipinski definition) is 4. The number of aliphatic hydroxyl groups is 1. The highest BCUT2D eigenvalue weighted by molar-refractivity contribution is 5.44. The van der Waals surface area contributed by atoms with Crippen molar-refractivity contribution in [1.82, 2.24) is 0 Å². The van der Waals surface area contributed by atoms with Crippen LogP contribution >= 0.6 is 0 Å². The van der Waals surface area contributed by atoms with E-state index in [4.69, 9.17) is 14.2 Å². The smallest absolute Gasteiger partial charge is 0.231 e. The lowest BCUT2D eigenvalue weighted by atomic mass is 10.0. The van der Waals surface area contributed by atoms with Crippen LogP contribution in [-0.4, -0.2) is 37.7 Å². The van der Waals surface area contributed by atoms with Gasteiger partial charge in [0, 0.05) is 5.56 Å². The van der Waals surface area contributed by atoms with Crippen molar-refractivity contribution in [3.8, 4) is 11.5 Å². The molecule has 31 heavy (non-hydrogen) atoms. The van der Waals surface area contributed by atoms with E-state index in [0.29, 0.717) is 6.54 Å². The molecular weight excluding hydrogens is 390 g/mol. The Kier molecular flexibility index (Phi) is 7.20. The molecule has 0 radical (unpaired) electrons. The Morgan fingerprint density at radius 1 is 0.903 bits per heavy atom. The zero-order valence-corrected chi connectivity index (χ0v) is 17.9. The molecule has 2 N–H and O–H groups in total. The van der Waals surface area contributed by atoms with Crippen molar-refractivity contribution in [2.75, 3.05) is 26.5 Å². The van der Waals surface area contributed by atoms with Crippen LogP contribution in [-0.2, 0) is 11.3 Å². The van der Waals surface area contributed by atoms with Gasteiger partial charge in [0.05, 0.1) is 13.2 Å². The van der Waals surface area contributed by atoms with Crippen molar-refractivity contribution in [3.05, 3.63) is 95.6 Å². The summed E-state index contributed by atoms with van der Waals surface area (Å²) in [6.07, 6.45) is -0.755. The van der Waals surface area contributed by atoms with E-state index in [1.54, 1.807) is 0 Å². The molecule has 2 atom stereocenters. The zero-order chi connectivity index (χ0) is 21.5. The number of fused-ring (bicyclic) bond motifs is 1. The van der Waals surface area contributed by atoms with Gasteiger partial charge in [-0.1, -0.05) is 60.7 Å². The van der Waals surface area contributed by atoms with E-state index in [2.05, 4.69) is 37.3 Å². The number of rotatable bonds is 10. The van der Waals surface area contributed by atoms with E-state index < -0.39 is 6.10 Å². The molecule has 0 amide bonds. The molecule has 3 aromatic carbocycles. The SMILES string of the molecule is CC[NH+](Cc1ccc2c(c1)OCO2)C[C@H](O)COC(c1ccccc1)c1ccccc1. The van der Waals surface area contributed by atoms with Gasteiger partial charge < -0.3 is 24.2 Å². The Balaban J connectivity index is 1.36. The molecular formula is C26H30NO4+. The highest BCUT2D eigenvalue weighted by Gasteiger charge is 2.20. The van der Waals surface area contributed by atoms with Crippen LogP contribution in [0, 0.1) is 0 Å². The number of likely N-dealkylation sites (N-methyl/N-ethyl adjacent to an activating group) is 1. The molecule has 1 unspecified atom stereocenters. The Hall–Kier alpha value is -2.86. The van der Waals surface area contributed by atoms with Gasteiger partial charge in [-0.25, -0.2) is 0 Å². The third-order valence-electron chi connectivity index (χ3n) is 5.58. The van der Waals surface area contributed by atoms with Crippen LogP contribution < -0.4 is 14.4 Å². The molecule has 3 aromatic rings. The van der Waals surface area contributed by atoms with Crippen molar-refractivity contribution in [2.45, 2.75) is 25.7 Å². The van der Waals surface area contributed by atoms with Crippen LogP contribution in [0.25, 0.3) is 0 Å². The average molecular weight is 421 g/mol. The predicted molar refractivity (Wildman–Crippen MR) is 119 cm³/mol. The van der Waals surface area contributed by atoms with Gasteiger partial charge in [-0.3, -0.25) is 0 Å². The first kappa shape index (κ1) is 21.4. The molecule has 162 valence electrons. The summed E-state index contributed by atoms with van der Waals surface area (Å²) in [4.78, 5) is 1.28. The van der Waals surface area contributed by atoms with Crippen LogP contribution in [0.3, 0.4) is 0 Å². The Morgan fingerprint density at radius 3 is 2.19 bits per heavy atom. The lowest BCUT2D eigenvalue weighted by molar-refractivity contribution is -0.915. The second-order valence-corrected chi connectivity index (χ2v) is 7.86. The molecule has 0 aromatic heterocycles. The molecule has 5 nitrogen and oxygen atoms in total. The second-order valence-electron chi connectivity index (χ2n) is 7.86. The van der Waals surface area contributed by atoms with Gasteiger partial charge in [-0.05, 0) is 36.2 Å².